The lowest BCUT2D eigenvalue weighted by Gasteiger charge is -2.32. The zero-order valence-corrected chi connectivity index (χ0v) is 14.5. The van der Waals surface area contributed by atoms with E-state index in [1.54, 1.807) is 18.2 Å². The third-order valence-corrected chi connectivity index (χ3v) is 4.06. The molecule has 0 saturated carbocycles. The van der Waals surface area contributed by atoms with E-state index in [0.29, 0.717) is 26.9 Å². The Hall–Kier alpha value is -2.14. The number of ether oxygens (including phenoxy) is 1. The molecule has 23 heavy (non-hydrogen) atoms. The third-order valence-electron chi connectivity index (χ3n) is 3.50. The summed E-state index contributed by atoms with van der Waals surface area (Å²) in [4.78, 5) is 0. The van der Waals surface area contributed by atoms with Gasteiger partial charge in [-0.25, -0.2) is 0 Å². The summed E-state index contributed by atoms with van der Waals surface area (Å²) in [7, 11) is 0. The van der Waals surface area contributed by atoms with Crippen LogP contribution < -0.4 is 5.73 Å². The maximum Gasteiger partial charge on any atom is 0.205 e. The summed E-state index contributed by atoms with van der Waals surface area (Å²) in [6.07, 6.45) is 0. The van der Waals surface area contributed by atoms with E-state index in [4.69, 9.17) is 33.7 Å². The van der Waals surface area contributed by atoms with Gasteiger partial charge < -0.3 is 10.5 Å². The second-order valence-corrected chi connectivity index (χ2v) is 7.04. The van der Waals surface area contributed by atoms with Crippen LogP contribution in [0.25, 0.3) is 0 Å². The van der Waals surface area contributed by atoms with Crippen LogP contribution >= 0.6 is 23.2 Å². The average Bonchev–Trinajstić information content (AvgIpc) is 2.45. The van der Waals surface area contributed by atoms with E-state index in [0.717, 1.165) is 0 Å². The molecular weight excluding hydrogens is 333 g/mol. The van der Waals surface area contributed by atoms with Crippen molar-refractivity contribution < 1.29 is 4.74 Å². The number of hydrogen-bond donors (Lipinski definition) is 1. The molecule has 0 amide bonds. The first kappa shape index (κ1) is 17.2. The lowest BCUT2D eigenvalue weighted by Crippen LogP contribution is -2.26. The summed E-state index contributed by atoms with van der Waals surface area (Å²) in [6, 6.07) is 9.12. The second kappa shape index (κ2) is 6.16. The summed E-state index contributed by atoms with van der Waals surface area (Å²) >= 11 is 12.2. The van der Waals surface area contributed by atoms with Crippen molar-refractivity contribution in [3.8, 4) is 12.1 Å². The van der Waals surface area contributed by atoms with Crippen molar-refractivity contribution in [1.29, 1.82) is 10.5 Å². The van der Waals surface area contributed by atoms with Crippen molar-refractivity contribution in [3.05, 3.63) is 56.6 Å². The zero-order valence-electron chi connectivity index (χ0n) is 12.9. The van der Waals surface area contributed by atoms with Gasteiger partial charge in [-0.2, -0.15) is 10.5 Å². The maximum absolute atomic E-state index is 9.67. The van der Waals surface area contributed by atoms with Gasteiger partial charge in [-0.15, -0.1) is 0 Å². The smallest absolute Gasteiger partial charge is 0.205 e. The molecule has 1 aliphatic rings. The minimum Gasteiger partial charge on any atom is -0.443 e. The van der Waals surface area contributed by atoms with Gasteiger partial charge in [0, 0.05) is 15.5 Å². The number of halogens is 2. The number of rotatable bonds is 1. The van der Waals surface area contributed by atoms with Gasteiger partial charge in [-0.1, -0.05) is 50.0 Å². The Balaban J connectivity index is 2.78. The Bertz CT molecular complexity index is 805. The highest BCUT2D eigenvalue weighted by Crippen LogP contribution is 2.45. The lowest BCUT2D eigenvalue weighted by atomic mass is 9.79. The first-order chi connectivity index (χ1) is 10.7. The molecule has 1 atom stereocenters. The van der Waals surface area contributed by atoms with Gasteiger partial charge in [0.15, 0.2) is 0 Å². The number of benzene rings is 1. The number of nitrogens with zero attached hydrogens (tertiary/aromatic N) is 2. The Morgan fingerprint density at radius 3 is 2.22 bits per heavy atom. The highest BCUT2D eigenvalue weighted by atomic mass is 35.5. The molecule has 2 rings (SSSR count). The van der Waals surface area contributed by atoms with Crippen LogP contribution in [-0.2, 0) is 4.74 Å². The van der Waals surface area contributed by atoms with Crippen molar-refractivity contribution in [3.63, 3.8) is 0 Å². The summed E-state index contributed by atoms with van der Waals surface area (Å²) in [6.45, 7) is 5.72. The molecule has 0 fully saturated rings. The summed E-state index contributed by atoms with van der Waals surface area (Å²) < 4.78 is 5.60. The van der Waals surface area contributed by atoms with E-state index in [2.05, 4.69) is 6.07 Å². The van der Waals surface area contributed by atoms with Crippen molar-refractivity contribution in [2.24, 2.45) is 11.1 Å². The molecule has 0 bridgehead atoms. The number of nitriles is 2. The standard InChI is InChI=1S/C17H15Cl2N3O/c1-17(2,3)15-11(7-20)14(12(8-21)16(22)23-15)10-5-4-9(18)6-13(10)19/h4-6,14H,22H2,1-3H3. The molecule has 6 heteroatoms. The highest BCUT2D eigenvalue weighted by Gasteiger charge is 2.38. The number of nitrogens with two attached hydrogens (primary N) is 1. The molecule has 118 valence electrons. The van der Waals surface area contributed by atoms with Gasteiger partial charge in [0.1, 0.15) is 17.4 Å². The maximum atomic E-state index is 9.67. The van der Waals surface area contributed by atoms with Gasteiger partial charge in [-0.05, 0) is 17.7 Å². The fourth-order valence-corrected chi connectivity index (χ4v) is 2.99. The van der Waals surface area contributed by atoms with Crippen LogP contribution in [0.4, 0.5) is 0 Å². The number of hydrogen-bond acceptors (Lipinski definition) is 4. The molecular formula is C17H15Cl2N3O. The van der Waals surface area contributed by atoms with E-state index < -0.39 is 11.3 Å². The van der Waals surface area contributed by atoms with E-state index in [-0.39, 0.29) is 11.5 Å². The normalized spacial score (nSPS) is 18.3. The van der Waals surface area contributed by atoms with E-state index >= 15 is 0 Å². The first-order valence-electron chi connectivity index (χ1n) is 6.88. The van der Waals surface area contributed by atoms with Gasteiger partial charge >= 0.3 is 0 Å². The molecule has 0 saturated heterocycles. The topological polar surface area (TPSA) is 82.8 Å². The minimum absolute atomic E-state index is 0.00700. The Morgan fingerprint density at radius 1 is 1.13 bits per heavy atom. The molecule has 1 unspecified atom stereocenters. The quantitative estimate of drug-likeness (QED) is 0.802. The molecule has 1 aliphatic heterocycles. The lowest BCUT2D eigenvalue weighted by molar-refractivity contribution is 0.199. The van der Waals surface area contributed by atoms with E-state index in [9.17, 15) is 10.5 Å². The van der Waals surface area contributed by atoms with Crippen molar-refractivity contribution in [1.82, 2.24) is 0 Å². The van der Waals surface area contributed by atoms with Crippen LogP contribution in [-0.4, -0.2) is 0 Å². The summed E-state index contributed by atoms with van der Waals surface area (Å²) in [5.74, 6) is -0.238. The van der Waals surface area contributed by atoms with E-state index in [1.807, 2.05) is 26.8 Å². The van der Waals surface area contributed by atoms with Crippen molar-refractivity contribution in [2.75, 3.05) is 0 Å². The average molecular weight is 348 g/mol. The van der Waals surface area contributed by atoms with Crippen molar-refractivity contribution >= 4 is 23.2 Å². The van der Waals surface area contributed by atoms with Gasteiger partial charge in [0.2, 0.25) is 5.88 Å². The predicted octanol–water partition coefficient (Wildman–Crippen LogP) is 4.62. The fourth-order valence-electron chi connectivity index (χ4n) is 2.48. The summed E-state index contributed by atoms with van der Waals surface area (Å²) in [5.41, 5.74) is 6.56. The van der Waals surface area contributed by atoms with Gasteiger partial charge in [-0.3, -0.25) is 0 Å². The molecule has 1 heterocycles. The molecule has 0 radical (unpaired) electrons. The highest BCUT2D eigenvalue weighted by molar-refractivity contribution is 6.35. The molecule has 1 aromatic rings. The van der Waals surface area contributed by atoms with Gasteiger partial charge in [0.25, 0.3) is 0 Å². The Morgan fingerprint density at radius 2 is 1.74 bits per heavy atom. The van der Waals surface area contributed by atoms with Crippen LogP contribution in [0.1, 0.15) is 32.3 Å². The SMILES string of the molecule is CC(C)(C)C1=C(C#N)C(c2ccc(Cl)cc2Cl)C(C#N)=C(N)O1. The zero-order chi connectivity index (χ0) is 17.4. The molecule has 4 nitrogen and oxygen atoms in total. The Kier molecular flexibility index (Phi) is 4.61. The summed E-state index contributed by atoms with van der Waals surface area (Å²) in [5, 5.41) is 20.0. The fraction of sp³-hybridized carbons (Fsp3) is 0.294. The minimum atomic E-state index is -0.669. The molecule has 1 aromatic carbocycles. The number of allylic oxidation sites excluding steroid dienone is 3. The monoisotopic (exact) mass is 347 g/mol. The predicted molar refractivity (Wildman–Crippen MR) is 89.2 cm³/mol. The largest absolute Gasteiger partial charge is 0.443 e. The van der Waals surface area contributed by atoms with Crippen LogP contribution in [0.15, 0.2) is 41.0 Å². The molecule has 0 aromatic heterocycles. The Labute approximate surface area is 145 Å². The second-order valence-electron chi connectivity index (χ2n) is 6.20. The first-order valence-corrected chi connectivity index (χ1v) is 7.63. The van der Waals surface area contributed by atoms with E-state index in [1.165, 1.54) is 0 Å². The van der Waals surface area contributed by atoms with Crippen LogP contribution in [0.3, 0.4) is 0 Å². The van der Waals surface area contributed by atoms with Crippen molar-refractivity contribution in [2.45, 2.75) is 26.7 Å². The van der Waals surface area contributed by atoms with Crippen LogP contribution in [0, 0.1) is 28.1 Å². The molecule has 0 aliphatic carbocycles. The third kappa shape index (κ3) is 3.15. The van der Waals surface area contributed by atoms with Gasteiger partial charge in [0.05, 0.1) is 17.6 Å². The van der Waals surface area contributed by atoms with Crippen LogP contribution in [0.5, 0.6) is 0 Å². The molecule has 0 spiro atoms. The molecule has 2 N–H and O–H groups in total. The van der Waals surface area contributed by atoms with Crippen LogP contribution in [0.2, 0.25) is 10.0 Å².